The first-order valence-corrected chi connectivity index (χ1v) is 5.87. The Labute approximate surface area is 109 Å². The van der Waals surface area contributed by atoms with Crippen LogP contribution in [0.1, 0.15) is 21.7 Å². The van der Waals surface area contributed by atoms with Crippen molar-refractivity contribution < 1.29 is 14.3 Å². The third kappa shape index (κ3) is 2.33. The lowest BCUT2D eigenvalue weighted by Gasteiger charge is -1.95. The number of aromatic nitrogens is 1. The van der Waals surface area contributed by atoms with E-state index < -0.39 is 5.97 Å². The summed E-state index contributed by atoms with van der Waals surface area (Å²) in [6, 6.07) is 10.6. The first-order valence-electron chi connectivity index (χ1n) is 5.87. The Kier molecular flexibility index (Phi) is 2.76. The molecule has 2 aromatic heterocycles. The van der Waals surface area contributed by atoms with Crippen molar-refractivity contribution >= 4 is 16.9 Å². The SMILES string of the molecule is O=C(O)c1ccc2oc(Cc3cccnc3)cc2c1. The molecule has 0 saturated heterocycles. The van der Waals surface area contributed by atoms with Crippen molar-refractivity contribution in [1.82, 2.24) is 4.98 Å². The van der Waals surface area contributed by atoms with Crippen LogP contribution in [0, 0.1) is 0 Å². The van der Waals surface area contributed by atoms with E-state index in [-0.39, 0.29) is 5.56 Å². The van der Waals surface area contributed by atoms with Gasteiger partial charge in [0.05, 0.1) is 5.56 Å². The Morgan fingerprint density at radius 1 is 1.26 bits per heavy atom. The minimum Gasteiger partial charge on any atom is -0.478 e. The van der Waals surface area contributed by atoms with Crippen molar-refractivity contribution in [1.29, 1.82) is 0 Å². The lowest BCUT2D eigenvalue weighted by Crippen LogP contribution is -1.94. The first-order chi connectivity index (χ1) is 9.22. The third-order valence-electron chi connectivity index (χ3n) is 2.92. The molecule has 1 aromatic carbocycles. The molecular formula is C15H11NO3. The Morgan fingerprint density at radius 3 is 2.89 bits per heavy atom. The van der Waals surface area contributed by atoms with E-state index in [1.54, 1.807) is 30.6 Å². The number of benzene rings is 1. The van der Waals surface area contributed by atoms with E-state index in [0.717, 1.165) is 16.7 Å². The first kappa shape index (κ1) is 11.5. The van der Waals surface area contributed by atoms with Crippen LogP contribution in [0.4, 0.5) is 0 Å². The second-order valence-electron chi connectivity index (χ2n) is 4.31. The molecule has 2 heterocycles. The van der Waals surface area contributed by atoms with Gasteiger partial charge in [0, 0.05) is 24.2 Å². The van der Waals surface area contributed by atoms with Crippen molar-refractivity contribution in [3.8, 4) is 0 Å². The van der Waals surface area contributed by atoms with E-state index in [4.69, 9.17) is 9.52 Å². The highest BCUT2D eigenvalue weighted by molar-refractivity contribution is 5.93. The molecule has 0 fully saturated rings. The molecule has 0 radical (unpaired) electrons. The van der Waals surface area contributed by atoms with Gasteiger partial charge in [0.1, 0.15) is 11.3 Å². The summed E-state index contributed by atoms with van der Waals surface area (Å²) >= 11 is 0. The van der Waals surface area contributed by atoms with E-state index in [0.29, 0.717) is 12.0 Å². The second-order valence-corrected chi connectivity index (χ2v) is 4.31. The fraction of sp³-hybridized carbons (Fsp3) is 0.0667. The molecule has 3 aromatic rings. The number of carboxylic acid groups (broad SMARTS) is 1. The number of rotatable bonds is 3. The maximum Gasteiger partial charge on any atom is 0.335 e. The summed E-state index contributed by atoms with van der Waals surface area (Å²) in [7, 11) is 0. The third-order valence-corrected chi connectivity index (χ3v) is 2.92. The van der Waals surface area contributed by atoms with Crippen LogP contribution in [0.15, 0.2) is 53.2 Å². The quantitative estimate of drug-likeness (QED) is 0.779. The van der Waals surface area contributed by atoms with Gasteiger partial charge in [0.15, 0.2) is 0 Å². The smallest absolute Gasteiger partial charge is 0.335 e. The number of nitrogens with zero attached hydrogens (tertiary/aromatic N) is 1. The fourth-order valence-electron chi connectivity index (χ4n) is 2.02. The Balaban J connectivity index is 1.95. The van der Waals surface area contributed by atoms with E-state index in [1.807, 2.05) is 18.2 Å². The molecule has 0 amide bonds. The van der Waals surface area contributed by atoms with Gasteiger partial charge in [-0.2, -0.15) is 0 Å². The van der Waals surface area contributed by atoms with E-state index in [9.17, 15) is 4.79 Å². The molecule has 3 rings (SSSR count). The number of aromatic carboxylic acids is 1. The Morgan fingerprint density at radius 2 is 2.16 bits per heavy atom. The van der Waals surface area contributed by atoms with Gasteiger partial charge in [0.2, 0.25) is 0 Å². The molecule has 0 aliphatic carbocycles. The minimum absolute atomic E-state index is 0.265. The van der Waals surface area contributed by atoms with Gasteiger partial charge in [0.25, 0.3) is 0 Å². The molecule has 0 spiro atoms. The fourth-order valence-corrected chi connectivity index (χ4v) is 2.02. The summed E-state index contributed by atoms with van der Waals surface area (Å²) in [6.07, 6.45) is 4.15. The highest BCUT2D eigenvalue weighted by Crippen LogP contribution is 2.22. The van der Waals surface area contributed by atoms with Crippen LogP contribution in [0.25, 0.3) is 11.0 Å². The van der Waals surface area contributed by atoms with Crippen LogP contribution in [0.5, 0.6) is 0 Å². The summed E-state index contributed by atoms with van der Waals surface area (Å²) in [4.78, 5) is 15.0. The lowest BCUT2D eigenvalue weighted by atomic mass is 10.1. The monoisotopic (exact) mass is 253 g/mol. The largest absolute Gasteiger partial charge is 0.478 e. The molecule has 4 nitrogen and oxygen atoms in total. The Hall–Kier alpha value is -2.62. The van der Waals surface area contributed by atoms with Gasteiger partial charge in [-0.05, 0) is 35.9 Å². The van der Waals surface area contributed by atoms with Gasteiger partial charge in [-0.15, -0.1) is 0 Å². The van der Waals surface area contributed by atoms with Crippen molar-refractivity contribution in [2.45, 2.75) is 6.42 Å². The molecule has 0 aliphatic rings. The standard InChI is InChI=1S/C15H11NO3/c17-15(18)11-3-4-14-12(7-11)8-13(19-14)6-10-2-1-5-16-9-10/h1-5,7-9H,6H2,(H,17,18). The van der Waals surface area contributed by atoms with Gasteiger partial charge < -0.3 is 9.52 Å². The number of pyridine rings is 1. The average Bonchev–Trinajstić information content (AvgIpc) is 2.80. The van der Waals surface area contributed by atoms with Crippen LogP contribution < -0.4 is 0 Å². The normalized spacial score (nSPS) is 10.7. The zero-order chi connectivity index (χ0) is 13.2. The van der Waals surface area contributed by atoms with Crippen molar-refractivity contribution in [2.24, 2.45) is 0 Å². The molecular weight excluding hydrogens is 242 g/mol. The van der Waals surface area contributed by atoms with Gasteiger partial charge in [-0.1, -0.05) is 6.07 Å². The number of carboxylic acids is 1. The number of fused-ring (bicyclic) bond motifs is 1. The number of hydrogen-bond acceptors (Lipinski definition) is 3. The van der Waals surface area contributed by atoms with Crippen molar-refractivity contribution in [3.05, 3.63) is 65.7 Å². The molecule has 19 heavy (non-hydrogen) atoms. The zero-order valence-corrected chi connectivity index (χ0v) is 10.0. The summed E-state index contributed by atoms with van der Waals surface area (Å²) in [5.74, 6) is -0.137. The summed E-state index contributed by atoms with van der Waals surface area (Å²) in [5.41, 5.74) is 2.02. The zero-order valence-electron chi connectivity index (χ0n) is 10.0. The van der Waals surface area contributed by atoms with E-state index in [2.05, 4.69) is 4.98 Å². The number of carbonyl (C=O) groups is 1. The van der Waals surface area contributed by atoms with Crippen molar-refractivity contribution in [3.63, 3.8) is 0 Å². The lowest BCUT2D eigenvalue weighted by molar-refractivity contribution is 0.0697. The van der Waals surface area contributed by atoms with E-state index >= 15 is 0 Å². The minimum atomic E-state index is -0.933. The van der Waals surface area contributed by atoms with Gasteiger partial charge in [-0.25, -0.2) is 4.79 Å². The van der Waals surface area contributed by atoms with Crippen LogP contribution in [-0.4, -0.2) is 16.1 Å². The number of hydrogen-bond donors (Lipinski definition) is 1. The van der Waals surface area contributed by atoms with Crippen molar-refractivity contribution in [2.75, 3.05) is 0 Å². The second kappa shape index (κ2) is 4.57. The highest BCUT2D eigenvalue weighted by Gasteiger charge is 2.08. The van der Waals surface area contributed by atoms with E-state index in [1.165, 1.54) is 0 Å². The van der Waals surface area contributed by atoms with Crippen LogP contribution >= 0.6 is 0 Å². The molecule has 1 N–H and O–H groups in total. The van der Waals surface area contributed by atoms with Gasteiger partial charge in [-0.3, -0.25) is 4.98 Å². The maximum absolute atomic E-state index is 10.9. The summed E-state index contributed by atoms with van der Waals surface area (Å²) in [6.45, 7) is 0. The summed E-state index contributed by atoms with van der Waals surface area (Å²) in [5, 5.41) is 9.75. The highest BCUT2D eigenvalue weighted by atomic mass is 16.4. The molecule has 0 atom stereocenters. The van der Waals surface area contributed by atoms with Crippen LogP contribution in [0.2, 0.25) is 0 Å². The molecule has 0 bridgehead atoms. The topological polar surface area (TPSA) is 63.3 Å². The predicted octanol–water partition coefficient (Wildman–Crippen LogP) is 3.12. The van der Waals surface area contributed by atoms with Gasteiger partial charge >= 0.3 is 5.97 Å². The maximum atomic E-state index is 10.9. The molecule has 0 saturated carbocycles. The molecule has 94 valence electrons. The summed E-state index contributed by atoms with van der Waals surface area (Å²) < 4.78 is 5.69. The Bertz CT molecular complexity index is 731. The van der Waals surface area contributed by atoms with Crippen LogP contribution in [0.3, 0.4) is 0 Å². The predicted molar refractivity (Wildman–Crippen MR) is 70.2 cm³/mol. The molecule has 0 aliphatic heterocycles. The average molecular weight is 253 g/mol. The number of furan rings is 1. The molecule has 0 unspecified atom stereocenters. The van der Waals surface area contributed by atoms with Crippen LogP contribution in [-0.2, 0) is 6.42 Å². The molecule has 4 heteroatoms.